The van der Waals surface area contributed by atoms with Gasteiger partial charge in [0.2, 0.25) is 0 Å². The molecule has 3 rings (SSSR count). The van der Waals surface area contributed by atoms with Gasteiger partial charge in [-0.3, -0.25) is 4.90 Å². The zero-order valence-corrected chi connectivity index (χ0v) is 14.7. The normalized spacial score (nSPS) is 22.0. The van der Waals surface area contributed by atoms with Crippen molar-refractivity contribution in [2.75, 3.05) is 19.4 Å². The summed E-state index contributed by atoms with van der Waals surface area (Å²) in [6, 6.07) is 15.4. The number of morpholine rings is 1. The first kappa shape index (κ1) is 18.0. The third-order valence-corrected chi connectivity index (χ3v) is 4.56. The van der Waals surface area contributed by atoms with Crippen LogP contribution in [-0.2, 0) is 25.6 Å². The van der Waals surface area contributed by atoms with Gasteiger partial charge < -0.3 is 4.74 Å². The van der Waals surface area contributed by atoms with Crippen LogP contribution < -0.4 is 0 Å². The van der Waals surface area contributed by atoms with Crippen LogP contribution in [0.4, 0.5) is 4.39 Å². The van der Waals surface area contributed by atoms with Gasteiger partial charge >= 0.3 is 0 Å². The molecule has 0 aliphatic carbocycles. The Morgan fingerprint density at radius 1 is 1.16 bits per heavy atom. The van der Waals surface area contributed by atoms with Crippen molar-refractivity contribution in [1.29, 1.82) is 0 Å². The van der Waals surface area contributed by atoms with E-state index in [0.717, 1.165) is 17.4 Å². The number of halogens is 1. The Labute approximate surface area is 147 Å². The van der Waals surface area contributed by atoms with Gasteiger partial charge in [-0.25, -0.2) is 8.57 Å². The molecule has 0 amide bonds. The molecule has 2 aromatic rings. The molecule has 2 atom stereocenters. The topological polar surface area (TPSA) is 55.8 Å². The van der Waals surface area contributed by atoms with Crippen molar-refractivity contribution in [2.24, 2.45) is 0 Å². The number of nitrogens with zero attached hydrogens (tertiary/aromatic N) is 1. The van der Waals surface area contributed by atoms with Gasteiger partial charge in [0, 0.05) is 13.1 Å². The quantitative estimate of drug-likeness (QED) is 0.763. The van der Waals surface area contributed by atoms with Gasteiger partial charge in [0.15, 0.2) is 6.29 Å². The van der Waals surface area contributed by atoms with Crippen LogP contribution in [0.2, 0.25) is 0 Å². The Hall–Kier alpha value is -1.80. The van der Waals surface area contributed by atoms with E-state index < -0.39 is 22.4 Å². The third-order valence-electron chi connectivity index (χ3n) is 4.02. The first-order chi connectivity index (χ1) is 11.9. The van der Waals surface area contributed by atoms with Crippen molar-refractivity contribution < 1.29 is 21.7 Å². The fraction of sp³-hybridized carbons (Fsp3) is 0.333. The number of hydrogen-bond donors (Lipinski definition) is 0. The van der Waals surface area contributed by atoms with Crippen LogP contribution in [0, 0.1) is 5.82 Å². The highest BCUT2D eigenvalue weighted by molar-refractivity contribution is 7.86. The molecule has 0 spiro atoms. The summed E-state index contributed by atoms with van der Waals surface area (Å²) in [5.41, 5.74) is 1.83. The van der Waals surface area contributed by atoms with Crippen molar-refractivity contribution in [1.82, 2.24) is 4.90 Å². The standard InChI is InChI=1S/C18H20FNO4S/c1-25(21,22)24-18-17(15-7-9-16(19)10-8-15)20(11-12-23-18)13-14-5-3-2-4-6-14/h2-10,17-18H,11-13H2,1H3/t17-,18-/m0/s1. The molecule has 1 aliphatic rings. The lowest BCUT2D eigenvalue weighted by molar-refractivity contribution is -0.166. The monoisotopic (exact) mass is 365 g/mol. The maximum Gasteiger partial charge on any atom is 0.266 e. The van der Waals surface area contributed by atoms with Gasteiger partial charge in [-0.05, 0) is 23.3 Å². The number of hydrogen-bond acceptors (Lipinski definition) is 5. The Morgan fingerprint density at radius 3 is 2.48 bits per heavy atom. The predicted molar refractivity (Wildman–Crippen MR) is 91.7 cm³/mol. The number of ether oxygens (including phenoxy) is 1. The highest BCUT2D eigenvalue weighted by Crippen LogP contribution is 2.32. The van der Waals surface area contributed by atoms with Gasteiger partial charge in [-0.1, -0.05) is 42.5 Å². The van der Waals surface area contributed by atoms with E-state index in [-0.39, 0.29) is 5.82 Å². The number of benzene rings is 2. The SMILES string of the molecule is CS(=O)(=O)O[C@@H]1OCCN(Cc2ccccc2)[C@H]1c1ccc(F)cc1. The van der Waals surface area contributed by atoms with E-state index in [1.807, 2.05) is 30.3 Å². The van der Waals surface area contributed by atoms with Gasteiger partial charge in [0.05, 0.1) is 18.9 Å². The predicted octanol–water partition coefficient (Wildman–Crippen LogP) is 2.70. The highest BCUT2D eigenvalue weighted by atomic mass is 32.2. The first-order valence-electron chi connectivity index (χ1n) is 7.96. The van der Waals surface area contributed by atoms with Crippen molar-refractivity contribution in [3.8, 4) is 0 Å². The molecule has 0 aromatic heterocycles. The van der Waals surface area contributed by atoms with E-state index >= 15 is 0 Å². The van der Waals surface area contributed by atoms with Crippen LogP contribution in [0.15, 0.2) is 54.6 Å². The maximum atomic E-state index is 13.3. The molecule has 0 saturated carbocycles. The van der Waals surface area contributed by atoms with Crippen LogP contribution >= 0.6 is 0 Å². The largest absolute Gasteiger partial charge is 0.348 e. The van der Waals surface area contributed by atoms with Crippen LogP contribution in [-0.4, -0.2) is 39.0 Å². The molecule has 1 fully saturated rings. The van der Waals surface area contributed by atoms with Crippen molar-refractivity contribution in [3.05, 3.63) is 71.5 Å². The molecule has 5 nitrogen and oxygen atoms in total. The summed E-state index contributed by atoms with van der Waals surface area (Å²) in [5, 5.41) is 0. The molecule has 0 radical (unpaired) electrons. The molecular formula is C18H20FNO4S. The van der Waals surface area contributed by atoms with Gasteiger partial charge in [0.25, 0.3) is 10.1 Å². The molecule has 0 N–H and O–H groups in total. The molecule has 134 valence electrons. The van der Waals surface area contributed by atoms with E-state index in [2.05, 4.69) is 4.90 Å². The lowest BCUT2D eigenvalue weighted by Gasteiger charge is -2.40. The number of rotatable bonds is 5. The fourth-order valence-corrected chi connectivity index (χ4v) is 3.47. The fourth-order valence-electron chi connectivity index (χ4n) is 2.96. The van der Waals surface area contributed by atoms with Crippen LogP contribution in [0.25, 0.3) is 0 Å². The van der Waals surface area contributed by atoms with Gasteiger partial charge in [-0.15, -0.1) is 0 Å². The smallest absolute Gasteiger partial charge is 0.266 e. The summed E-state index contributed by atoms with van der Waals surface area (Å²) in [7, 11) is -3.69. The van der Waals surface area contributed by atoms with Crippen LogP contribution in [0.3, 0.4) is 0 Å². The van der Waals surface area contributed by atoms with Crippen molar-refractivity contribution in [2.45, 2.75) is 18.9 Å². The van der Waals surface area contributed by atoms with Gasteiger partial charge in [-0.2, -0.15) is 8.42 Å². The summed E-state index contributed by atoms with van der Waals surface area (Å²) in [6.45, 7) is 1.57. The van der Waals surface area contributed by atoms with E-state index in [1.54, 1.807) is 12.1 Å². The summed E-state index contributed by atoms with van der Waals surface area (Å²) in [5.74, 6) is -0.351. The minimum absolute atomic E-state index is 0.351. The summed E-state index contributed by atoms with van der Waals surface area (Å²) in [4.78, 5) is 2.09. The molecule has 1 aliphatic heterocycles. The Kier molecular flexibility index (Phi) is 5.48. The van der Waals surface area contributed by atoms with Gasteiger partial charge in [0.1, 0.15) is 5.82 Å². The average molecular weight is 365 g/mol. The van der Waals surface area contributed by atoms with Crippen molar-refractivity contribution in [3.63, 3.8) is 0 Å². The molecular weight excluding hydrogens is 345 g/mol. The van der Waals surface area contributed by atoms with Crippen LogP contribution in [0.5, 0.6) is 0 Å². The Morgan fingerprint density at radius 2 is 1.84 bits per heavy atom. The molecule has 0 unspecified atom stereocenters. The van der Waals surface area contributed by atoms with E-state index in [0.29, 0.717) is 19.7 Å². The summed E-state index contributed by atoms with van der Waals surface area (Å²) < 4.78 is 47.3. The minimum atomic E-state index is -3.69. The second-order valence-electron chi connectivity index (χ2n) is 5.99. The molecule has 0 bridgehead atoms. The highest BCUT2D eigenvalue weighted by Gasteiger charge is 2.36. The lowest BCUT2D eigenvalue weighted by Crippen LogP contribution is -2.46. The minimum Gasteiger partial charge on any atom is -0.348 e. The second-order valence-corrected chi connectivity index (χ2v) is 7.59. The zero-order chi connectivity index (χ0) is 17.9. The zero-order valence-electron chi connectivity index (χ0n) is 13.8. The van der Waals surface area contributed by atoms with E-state index in [4.69, 9.17) is 8.92 Å². The summed E-state index contributed by atoms with van der Waals surface area (Å²) in [6.07, 6.45) is 0.0201. The molecule has 25 heavy (non-hydrogen) atoms. The molecule has 1 heterocycles. The lowest BCUT2D eigenvalue weighted by atomic mass is 10.0. The second kappa shape index (κ2) is 7.61. The Bertz CT molecular complexity index is 796. The van der Waals surface area contributed by atoms with Crippen molar-refractivity contribution >= 4 is 10.1 Å². The molecule has 2 aromatic carbocycles. The van der Waals surface area contributed by atoms with Crippen LogP contribution in [0.1, 0.15) is 17.2 Å². The first-order valence-corrected chi connectivity index (χ1v) is 9.77. The third kappa shape index (κ3) is 4.85. The molecule has 1 saturated heterocycles. The maximum absolute atomic E-state index is 13.3. The average Bonchev–Trinajstić information content (AvgIpc) is 2.56. The summed E-state index contributed by atoms with van der Waals surface area (Å²) >= 11 is 0. The van der Waals surface area contributed by atoms with E-state index in [1.165, 1.54) is 12.1 Å². The Balaban J connectivity index is 1.92. The molecule has 7 heteroatoms. The van der Waals surface area contributed by atoms with E-state index in [9.17, 15) is 12.8 Å².